The van der Waals surface area contributed by atoms with Crippen LogP contribution in [-0.4, -0.2) is 54.0 Å². The van der Waals surface area contributed by atoms with Crippen LogP contribution in [0.2, 0.25) is 0 Å². The van der Waals surface area contributed by atoms with E-state index in [9.17, 15) is 9.59 Å². The lowest BCUT2D eigenvalue weighted by molar-refractivity contribution is -0.166. The molecule has 2 aliphatic heterocycles. The van der Waals surface area contributed by atoms with Crippen LogP contribution in [0.4, 0.5) is 0 Å². The maximum atomic E-state index is 12.8. The van der Waals surface area contributed by atoms with E-state index in [0.29, 0.717) is 6.54 Å². The lowest BCUT2D eigenvalue weighted by Crippen LogP contribution is -2.55. The van der Waals surface area contributed by atoms with Crippen molar-refractivity contribution in [1.29, 1.82) is 0 Å². The molecule has 2 aromatic rings. The number of esters is 1. The van der Waals surface area contributed by atoms with E-state index in [0.717, 1.165) is 45.3 Å². The van der Waals surface area contributed by atoms with Gasteiger partial charge in [0, 0.05) is 32.1 Å². The van der Waals surface area contributed by atoms with Gasteiger partial charge >= 0.3 is 5.97 Å². The predicted octanol–water partition coefficient (Wildman–Crippen LogP) is 3.65. The fourth-order valence-electron chi connectivity index (χ4n) is 4.86. The molecule has 0 N–H and O–H groups in total. The first kappa shape index (κ1) is 20.3. The van der Waals surface area contributed by atoms with Gasteiger partial charge in [0.2, 0.25) is 5.91 Å². The van der Waals surface area contributed by atoms with Gasteiger partial charge in [-0.05, 0) is 36.8 Å². The van der Waals surface area contributed by atoms with Crippen LogP contribution >= 0.6 is 0 Å². The van der Waals surface area contributed by atoms with Crippen molar-refractivity contribution in [3.8, 4) is 0 Å². The molecule has 1 saturated carbocycles. The van der Waals surface area contributed by atoms with Gasteiger partial charge in [0.05, 0.1) is 12.0 Å². The van der Waals surface area contributed by atoms with E-state index in [2.05, 4.69) is 53.4 Å². The summed E-state index contributed by atoms with van der Waals surface area (Å²) in [4.78, 5) is 29.4. The Kier molecular flexibility index (Phi) is 5.77. The van der Waals surface area contributed by atoms with Crippen molar-refractivity contribution in [2.45, 2.75) is 37.8 Å². The molecule has 2 saturated heterocycles. The summed E-state index contributed by atoms with van der Waals surface area (Å²) in [6, 6.07) is 21.1. The number of amides is 1. The molecule has 2 heterocycles. The zero-order valence-corrected chi connectivity index (χ0v) is 17.9. The van der Waals surface area contributed by atoms with Crippen molar-refractivity contribution < 1.29 is 14.3 Å². The topological polar surface area (TPSA) is 49.9 Å². The number of hydrogen-bond acceptors (Lipinski definition) is 4. The number of piperidine rings is 1. The van der Waals surface area contributed by atoms with Crippen molar-refractivity contribution in [2.75, 3.05) is 26.2 Å². The lowest BCUT2D eigenvalue weighted by atomic mass is 9.93. The summed E-state index contributed by atoms with van der Waals surface area (Å²) in [6.07, 6.45) is 3.65. The molecule has 1 atom stereocenters. The molecule has 0 spiro atoms. The highest BCUT2D eigenvalue weighted by Gasteiger charge is 2.40. The van der Waals surface area contributed by atoms with E-state index < -0.39 is 0 Å². The summed E-state index contributed by atoms with van der Waals surface area (Å²) in [7, 11) is 0. The largest absolute Gasteiger partial charge is 0.459 e. The summed E-state index contributed by atoms with van der Waals surface area (Å²) < 4.78 is 5.86. The van der Waals surface area contributed by atoms with E-state index in [-0.39, 0.29) is 35.9 Å². The Hall–Kier alpha value is -2.66. The minimum atomic E-state index is -0.176. The number of rotatable bonds is 6. The number of hydrogen-bond donors (Lipinski definition) is 0. The van der Waals surface area contributed by atoms with Gasteiger partial charge in [-0.3, -0.25) is 14.5 Å². The molecule has 1 amide bonds. The zero-order valence-electron chi connectivity index (χ0n) is 17.9. The van der Waals surface area contributed by atoms with Crippen LogP contribution in [0.3, 0.4) is 0 Å². The van der Waals surface area contributed by atoms with Gasteiger partial charge in [-0.15, -0.1) is 0 Å². The van der Waals surface area contributed by atoms with Crippen molar-refractivity contribution in [3.63, 3.8) is 0 Å². The quantitative estimate of drug-likeness (QED) is 0.672. The molecule has 2 aromatic carbocycles. The van der Waals surface area contributed by atoms with Crippen LogP contribution in [0.25, 0.3) is 0 Å². The van der Waals surface area contributed by atoms with Crippen LogP contribution in [-0.2, 0) is 14.3 Å². The average molecular weight is 419 g/mol. The first-order valence-corrected chi connectivity index (χ1v) is 11.5. The minimum absolute atomic E-state index is 0.0723. The molecule has 5 heteroatoms. The highest BCUT2D eigenvalue weighted by molar-refractivity contribution is 5.82. The van der Waals surface area contributed by atoms with Crippen molar-refractivity contribution >= 4 is 11.9 Å². The van der Waals surface area contributed by atoms with Crippen LogP contribution in [0, 0.1) is 11.8 Å². The third kappa shape index (κ3) is 4.52. The Balaban J connectivity index is 1.18. The zero-order chi connectivity index (χ0) is 21.2. The third-order valence-electron chi connectivity index (χ3n) is 6.75. The van der Waals surface area contributed by atoms with E-state index >= 15 is 0 Å². The maximum Gasteiger partial charge on any atom is 0.311 e. The smallest absolute Gasteiger partial charge is 0.311 e. The second-order valence-corrected chi connectivity index (χ2v) is 9.13. The van der Waals surface area contributed by atoms with E-state index in [4.69, 9.17) is 4.74 Å². The van der Waals surface area contributed by atoms with E-state index in [1.165, 1.54) is 11.1 Å². The van der Waals surface area contributed by atoms with Crippen molar-refractivity contribution in [1.82, 2.24) is 9.80 Å². The van der Waals surface area contributed by atoms with Gasteiger partial charge in [0.15, 0.2) is 0 Å². The van der Waals surface area contributed by atoms with Crippen molar-refractivity contribution in [3.05, 3.63) is 71.8 Å². The Morgan fingerprint density at radius 2 is 1.42 bits per heavy atom. The summed E-state index contributed by atoms with van der Waals surface area (Å²) >= 11 is 0. The van der Waals surface area contributed by atoms with Crippen LogP contribution < -0.4 is 0 Å². The van der Waals surface area contributed by atoms with Crippen LogP contribution in [0.15, 0.2) is 60.7 Å². The number of likely N-dealkylation sites (tertiary alicyclic amines) is 2. The van der Waals surface area contributed by atoms with Gasteiger partial charge in [0.25, 0.3) is 0 Å². The van der Waals surface area contributed by atoms with Gasteiger partial charge in [-0.1, -0.05) is 60.7 Å². The van der Waals surface area contributed by atoms with Crippen molar-refractivity contribution in [2.24, 2.45) is 11.8 Å². The number of benzene rings is 2. The SMILES string of the molecule is O=C(OC1CN(C(c2ccccc2)c2ccccc2)C1)[C@H]1CCCN(C(=O)C2CC2)C1. The standard InChI is InChI=1S/C26H30N2O3/c29-25(21-13-14-21)27-15-7-12-22(16-27)26(30)31-23-17-28(18-23)24(19-8-3-1-4-9-19)20-10-5-2-6-11-20/h1-6,8-11,21-24H,7,12-18H2/t22-/m0/s1. The Bertz CT molecular complexity index is 867. The second-order valence-electron chi connectivity index (χ2n) is 9.13. The Morgan fingerprint density at radius 1 is 0.806 bits per heavy atom. The summed E-state index contributed by atoms with van der Waals surface area (Å²) in [5, 5.41) is 0. The third-order valence-corrected chi connectivity index (χ3v) is 6.75. The fourth-order valence-corrected chi connectivity index (χ4v) is 4.86. The molecule has 0 aromatic heterocycles. The van der Waals surface area contributed by atoms with Gasteiger partial charge in [-0.25, -0.2) is 0 Å². The highest BCUT2D eigenvalue weighted by Crippen LogP contribution is 2.34. The maximum absolute atomic E-state index is 12.8. The number of carbonyl (C=O) groups is 2. The molecular formula is C26H30N2O3. The Labute approximate surface area is 184 Å². The predicted molar refractivity (Wildman–Crippen MR) is 118 cm³/mol. The first-order valence-electron chi connectivity index (χ1n) is 11.5. The summed E-state index contributed by atoms with van der Waals surface area (Å²) in [5.41, 5.74) is 2.50. The number of nitrogens with zero attached hydrogens (tertiary/aromatic N) is 2. The summed E-state index contributed by atoms with van der Waals surface area (Å²) in [6.45, 7) is 2.78. The fraction of sp³-hybridized carbons (Fsp3) is 0.462. The monoisotopic (exact) mass is 418 g/mol. The minimum Gasteiger partial charge on any atom is -0.459 e. The first-order chi connectivity index (χ1) is 15.2. The average Bonchev–Trinajstić information content (AvgIpc) is 3.64. The molecule has 0 bridgehead atoms. The van der Waals surface area contributed by atoms with Gasteiger partial charge in [-0.2, -0.15) is 0 Å². The molecule has 1 aliphatic carbocycles. The molecular weight excluding hydrogens is 388 g/mol. The van der Waals surface area contributed by atoms with E-state index in [1.807, 2.05) is 17.0 Å². The molecule has 3 fully saturated rings. The Morgan fingerprint density at radius 3 is 2.00 bits per heavy atom. The molecule has 0 unspecified atom stereocenters. The lowest BCUT2D eigenvalue weighted by Gasteiger charge is -2.44. The molecule has 5 nitrogen and oxygen atoms in total. The van der Waals surface area contributed by atoms with Gasteiger partial charge in [0.1, 0.15) is 6.10 Å². The second kappa shape index (κ2) is 8.83. The number of ether oxygens (including phenoxy) is 1. The van der Waals surface area contributed by atoms with Crippen LogP contribution in [0.5, 0.6) is 0 Å². The molecule has 31 heavy (non-hydrogen) atoms. The summed E-state index contributed by atoms with van der Waals surface area (Å²) in [5.74, 6) is 0.141. The molecule has 0 radical (unpaired) electrons. The highest BCUT2D eigenvalue weighted by atomic mass is 16.5. The van der Waals surface area contributed by atoms with Crippen LogP contribution in [0.1, 0.15) is 42.9 Å². The molecule has 162 valence electrons. The van der Waals surface area contributed by atoms with Gasteiger partial charge < -0.3 is 9.64 Å². The molecule has 5 rings (SSSR count). The normalized spacial score (nSPS) is 22.2. The number of carbonyl (C=O) groups excluding carboxylic acids is 2. The molecule has 3 aliphatic rings. The van der Waals surface area contributed by atoms with E-state index in [1.54, 1.807) is 0 Å².